The molecule has 0 aliphatic carbocycles. The van der Waals surface area contributed by atoms with E-state index < -0.39 is 6.10 Å². The van der Waals surface area contributed by atoms with Crippen LogP contribution < -0.4 is 0 Å². The average molecular weight is 1030 g/mol. The van der Waals surface area contributed by atoms with Crippen LogP contribution in [-0.2, 0) is 28.6 Å². The van der Waals surface area contributed by atoms with Crippen LogP contribution in [0, 0.1) is 0 Å². The van der Waals surface area contributed by atoms with Gasteiger partial charge in [0, 0.05) is 19.3 Å². The molecule has 0 bridgehead atoms. The standard InChI is InChI=1S/C68H116O6/c1-4-7-10-13-16-19-22-25-28-30-32-33-34-36-37-40-43-46-49-52-55-58-61-67(70)73-64-65(63-72-66(69)60-57-54-51-48-45-42-39-27-24-21-18-15-12-9-6-3)74-68(71)62-59-56-53-50-47-44-41-38-35-31-29-26-23-20-17-14-11-8-5-2/h8-9,11-12,17-18,20-21,26-27,29,35,38-39,45,48,65H,4-7,10,13-16,19,22-25,28,30-34,36-37,40-44,46-47,49-64H2,1-3H3/b11-8-,12-9-,20-17-,21-18-,29-26-,38-35-,39-27-,48-45-. The van der Waals surface area contributed by atoms with Crippen molar-refractivity contribution in [3.8, 4) is 0 Å². The lowest BCUT2D eigenvalue weighted by molar-refractivity contribution is -0.167. The first kappa shape index (κ1) is 70.3. The summed E-state index contributed by atoms with van der Waals surface area (Å²) < 4.78 is 16.9. The van der Waals surface area contributed by atoms with Gasteiger partial charge in [0.1, 0.15) is 13.2 Å². The van der Waals surface area contributed by atoms with E-state index in [0.717, 1.165) is 122 Å². The van der Waals surface area contributed by atoms with E-state index in [1.165, 1.54) is 135 Å². The Labute approximate surface area is 457 Å². The molecule has 0 amide bonds. The minimum Gasteiger partial charge on any atom is -0.462 e. The molecule has 0 spiro atoms. The molecule has 0 N–H and O–H groups in total. The van der Waals surface area contributed by atoms with Crippen molar-refractivity contribution in [3.05, 3.63) is 97.2 Å². The first-order valence-electron chi connectivity index (χ1n) is 31.2. The Kier molecular flexibility index (Phi) is 58.8. The highest BCUT2D eigenvalue weighted by molar-refractivity contribution is 5.71. The van der Waals surface area contributed by atoms with Crippen molar-refractivity contribution >= 4 is 17.9 Å². The molecule has 0 saturated heterocycles. The Morgan fingerprint density at radius 1 is 0.284 bits per heavy atom. The SMILES string of the molecule is CC/C=C\C/C=C\C/C=C\C/C=C\CCCCCCCCC(=O)OC(COC(=O)CCCC/C=C\C/C=C\C/C=C\C/C=C\CC)COC(=O)CCCCCCCCCCCCCCCCCCCCCCCC. The summed E-state index contributed by atoms with van der Waals surface area (Å²) >= 11 is 0. The molecule has 0 aromatic rings. The summed E-state index contributed by atoms with van der Waals surface area (Å²) in [4.78, 5) is 38.3. The quantitative estimate of drug-likeness (QED) is 0.0261. The van der Waals surface area contributed by atoms with Crippen molar-refractivity contribution in [1.29, 1.82) is 0 Å². The maximum Gasteiger partial charge on any atom is 0.306 e. The first-order chi connectivity index (χ1) is 36.5. The minimum absolute atomic E-state index is 0.0950. The molecule has 0 aromatic heterocycles. The fourth-order valence-corrected chi connectivity index (χ4v) is 8.72. The number of carbonyl (C=O) groups is 3. The minimum atomic E-state index is -0.803. The summed E-state index contributed by atoms with van der Waals surface area (Å²) in [5.74, 6) is -0.943. The molecule has 0 fully saturated rings. The summed E-state index contributed by atoms with van der Waals surface area (Å²) in [6.07, 6.45) is 82.7. The lowest BCUT2D eigenvalue weighted by Gasteiger charge is -2.18. The molecule has 0 aliphatic rings. The second kappa shape index (κ2) is 61.9. The van der Waals surface area contributed by atoms with E-state index in [2.05, 4.69) is 118 Å². The monoisotopic (exact) mass is 1030 g/mol. The van der Waals surface area contributed by atoms with Crippen LogP contribution in [0.25, 0.3) is 0 Å². The summed E-state index contributed by atoms with van der Waals surface area (Å²) in [6.45, 7) is 6.40. The number of carbonyl (C=O) groups excluding carboxylic acids is 3. The Morgan fingerprint density at radius 3 is 0.851 bits per heavy atom. The summed E-state index contributed by atoms with van der Waals surface area (Å²) in [5, 5.41) is 0. The van der Waals surface area contributed by atoms with Crippen LogP contribution in [0.2, 0.25) is 0 Å². The van der Waals surface area contributed by atoms with Crippen LogP contribution in [0.1, 0.15) is 297 Å². The molecule has 0 saturated carbocycles. The molecule has 74 heavy (non-hydrogen) atoms. The molecule has 424 valence electrons. The zero-order valence-corrected chi connectivity index (χ0v) is 48.6. The maximum atomic E-state index is 12.9. The Morgan fingerprint density at radius 2 is 0.527 bits per heavy atom. The van der Waals surface area contributed by atoms with E-state index in [1.807, 2.05) is 0 Å². The Bertz CT molecular complexity index is 1460. The number of allylic oxidation sites excluding steroid dienone is 16. The van der Waals surface area contributed by atoms with Gasteiger partial charge in [-0.3, -0.25) is 14.4 Å². The van der Waals surface area contributed by atoms with Crippen LogP contribution >= 0.6 is 0 Å². The molecule has 0 radical (unpaired) electrons. The molecular weight excluding hydrogens is 913 g/mol. The van der Waals surface area contributed by atoms with Gasteiger partial charge in [0.15, 0.2) is 6.10 Å². The van der Waals surface area contributed by atoms with Gasteiger partial charge in [0.05, 0.1) is 0 Å². The number of esters is 3. The fourth-order valence-electron chi connectivity index (χ4n) is 8.72. The highest BCUT2D eigenvalue weighted by atomic mass is 16.6. The number of ether oxygens (including phenoxy) is 3. The van der Waals surface area contributed by atoms with Gasteiger partial charge in [-0.05, 0) is 96.3 Å². The summed E-state index contributed by atoms with van der Waals surface area (Å²) in [5.41, 5.74) is 0. The number of hydrogen-bond acceptors (Lipinski definition) is 6. The van der Waals surface area contributed by atoms with Crippen LogP contribution in [0.5, 0.6) is 0 Å². The van der Waals surface area contributed by atoms with Crippen LogP contribution in [0.4, 0.5) is 0 Å². The largest absolute Gasteiger partial charge is 0.462 e. The highest BCUT2D eigenvalue weighted by Crippen LogP contribution is 2.17. The topological polar surface area (TPSA) is 78.9 Å². The van der Waals surface area contributed by atoms with Gasteiger partial charge < -0.3 is 14.2 Å². The number of rotatable bonds is 56. The van der Waals surface area contributed by atoms with Gasteiger partial charge in [-0.25, -0.2) is 0 Å². The first-order valence-corrected chi connectivity index (χ1v) is 31.2. The maximum absolute atomic E-state index is 12.9. The van der Waals surface area contributed by atoms with E-state index in [0.29, 0.717) is 19.3 Å². The van der Waals surface area contributed by atoms with E-state index in [-0.39, 0.29) is 31.1 Å². The average Bonchev–Trinajstić information content (AvgIpc) is 3.40. The van der Waals surface area contributed by atoms with Crippen molar-refractivity contribution in [2.24, 2.45) is 0 Å². The van der Waals surface area contributed by atoms with Crippen molar-refractivity contribution in [1.82, 2.24) is 0 Å². The van der Waals surface area contributed by atoms with E-state index in [9.17, 15) is 14.4 Å². The smallest absolute Gasteiger partial charge is 0.306 e. The van der Waals surface area contributed by atoms with Gasteiger partial charge in [-0.1, -0.05) is 279 Å². The molecule has 0 aliphatic heterocycles. The van der Waals surface area contributed by atoms with Crippen LogP contribution in [0.15, 0.2) is 97.2 Å². The predicted octanol–water partition coefficient (Wildman–Crippen LogP) is 21.3. The lowest BCUT2D eigenvalue weighted by Crippen LogP contribution is -2.30. The van der Waals surface area contributed by atoms with Crippen LogP contribution in [0.3, 0.4) is 0 Å². The van der Waals surface area contributed by atoms with Crippen LogP contribution in [-0.4, -0.2) is 37.2 Å². The second-order valence-electron chi connectivity index (χ2n) is 20.6. The van der Waals surface area contributed by atoms with E-state index in [4.69, 9.17) is 14.2 Å². The zero-order valence-electron chi connectivity index (χ0n) is 48.6. The summed E-state index contributed by atoms with van der Waals surface area (Å²) in [6, 6.07) is 0. The lowest BCUT2D eigenvalue weighted by atomic mass is 10.0. The van der Waals surface area contributed by atoms with Gasteiger partial charge in [-0.15, -0.1) is 0 Å². The molecular formula is C68H116O6. The number of unbranched alkanes of at least 4 members (excludes halogenated alkanes) is 29. The third kappa shape index (κ3) is 59.2. The van der Waals surface area contributed by atoms with Gasteiger partial charge in [-0.2, -0.15) is 0 Å². The number of hydrogen-bond donors (Lipinski definition) is 0. The molecule has 0 heterocycles. The highest BCUT2D eigenvalue weighted by Gasteiger charge is 2.19. The van der Waals surface area contributed by atoms with Gasteiger partial charge in [0.25, 0.3) is 0 Å². The van der Waals surface area contributed by atoms with Crippen molar-refractivity contribution in [2.45, 2.75) is 303 Å². The van der Waals surface area contributed by atoms with Crippen molar-refractivity contribution in [2.75, 3.05) is 13.2 Å². The van der Waals surface area contributed by atoms with Crippen molar-refractivity contribution < 1.29 is 28.6 Å². The molecule has 0 rings (SSSR count). The second-order valence-corrected chi connectivity index (χ2v) is 20.6. The molecule has 6 nitrogen and oxygen atoms in total. The molecule has 1 atom stereocenters. The molecule has 6 heteroatoms. The normalized spacial score (nSPS) is 12.7. The van der Waals surface area contributed by atoms with Gasteiger partial charge in [0.2, 0.25) is 0 Å². The predicted molar refractivity (Wildman–Crippen MR) is 320 cm³/mol. The van der Waals surface area contributed by atoms with E-state index >= 15 is 0 Å². The Hall–Kier alpha value is -3.67. The third-order valence-corrected chi connectivity index (χ3v) is 13.3. The zero-order chi connectivity index (χ0) is 53.6. The molecule has 1 unspecified atom stereocenters. The van der Waals surface area contributed by atoms with Crippen molar-refractivity contribution in [3.63, 3.8) is 0 Å². The fraction of sp³-hybridized carbons (Fsp3) is 0.721. The summed E-state index contributed by atoms with van der Waals surface area (Å²) in [7, 11) is 0. The third-order valence-electron chi connectivity index (χ3n) is 13.3. The van der Waals surface area contributed by atoms with Gasteiger partial charge >= 0.3 is 17.9 Å². The molecule has 0 aromatic carbocycles. The van der Waals surface area contributed by atoms with E-state index in [1.54, 1.807) is 0 Å². The Balaban J connectivity index is 4.40.